The Morgan fingerprint density at radius 2 is 1.75 bits per heavy atom. The number of hydrogen-bond donors (Lipinski definition) is 2. The summed E-state index contributed by atoms with van der Waals surface area (Å²) in [6.45, 7) is 4.98. The summed E-state index contributed by atoms with van der Waals surface area (Å²) in [7, 11) is 0. The molecule has 1 amide bonds. The van der Waals surface area contributed by atoms with Gasteiger partial charge < -0.3 is 15.4 Å². The Kier molecular flexibility index (Phi) is 9.49. The van der Waals surface area contributed by atoms with Crippen molar-refractivity contribution in [3.63, 3.8) is 0 Å². The molecule has 0 bridgehead atoms. The Hall–Kier alpha value is -2.11. The molecular weight excluding hydrogens is 326 g/mol. The lowest BCUT2D eigenvalue weighted by molar-refractivity contribution is 0.0954. The number of halogens is 1. The van der Waals surface area contributed by atoms with Crippen LogP contribution in [0, 0.1) is 0 Å². The number of rotatable bonds is 9. The third kappa shape index (κ3) is 6.98. The Morgan fingerprint density at radius 3 is 2.42 bits per heavy atom. The summed E-state index contributed by atoms with van der Waals surface area (Å²) in [4.78, 5) is 15.9. The molecule has 0 radical (unpaired) electrons. The minimum absolute atomic E-state index is 0. The zero-order valence-corrected chi connectivity index (χ0v) is 14.6. The zero-order valence-electron chi connectivity index (χ0n) is 13.8. The van der Waals surface area contributed by atoms with E-state index in [1.54, 1.807) is 24.5 Å². The monoisotopic (exact) mass is 349 g/mol. The van der Waals surface area contributed by atoms with E-state index in [1.807, 2.05) is 24.3 Å². The van der Waals surface area contributed by atoms with Gasteiger partial charge in [0.05, 0.1) is 0 Å². The van der Waals surface area contributed by atoms with Crippen molar-refractivity contribution in [2.75, 3.05) is 19.6 Å². The molecule has 0 saturated heterocycles. The fourth-order valence-electron chi connectivity index (χ4n) is 2.02. The third-order valence-corrected chi connectivity index (χ3v) is 3.29. The van der Waals surface area contributed by atoms with Crippen LogP contribution in [0.2, 0.25) is 0 Å². The van der Waals surface area contributed by atoms with Gasteiger partial charge in [0.15, 0.2) is 0 Å². The molecule has 0 aliphatic carbocycles. The molecule has 2 rings (SSSR count). The first-order chi connectivity index (χ1) is 11.3. The predicted molar refractivity (Wildman–Crippen MR) is 97.8 cm³/mol. The molecule has 0 fully saturated rings. The summed E-state index contributed by atoms with van der Waals surface area (Å²) in [5.74, 6) is 0.673. The normalized spacial score (nSPS) is 9.88. The van der Waals surface area contributed by atoms with Gasteiger partial charge in [0, 0.05) is 31.0 Å². The van der Waals surface area contributed by atoms with Gasteiger partial charge in [0.1, 0.15) is 12.4 Å². The predicted octanol–water partition coefficient (Wildman–Crippen LogP) is 2.81. The van der Waals surface area contributed by atoms with Gasteiger partial charge in [-0.1, -0.05) is 6.92 Å². The first kappa shape index (κ1) is 19.9. The van der Waals surface area contributed by atoms with Gasteiger partial charge in [-0.25, -0.2) is 0 Å². The van der Waals surface area contributed by atoms with Gasteiger partial charge >= 0.3 is 0 Å². The Labute approximate surface area is 149 Å². The van der Waals surface area contributed by atoms with Crippen LogP contribution in [0.1, 0.15) is 29.3 Å². The molecule has 0 unspecified atom stereocenters. The van der Waals surface area contributed by atoms with Crippen LogP contribution in [0.3, 0.4) is 0 Å². The van der Waals surface area contributed by atoms with Crippen molar-refractivity contribution in [2.24, 2.45) is 0 Å². The highest BCUT2D eigenvalue weighted by Gasteiger charge is 2.05. The van der Waals surface area contributed by atoms with Crippen molar-refractivity contribution in [1.82, 2.24) is 15.6 Å². The largest absolute Gasteiger partial charge is 0.489 e. The van der Waals surface area contributed by atoms with Crippen molar-refractivity contribution < 1.29 is 9.53 Å². The number of nitrogens with one attached hydrogen (secondary N) is 2. The summed E-state index contributed by atoms with van der Waals surface area (Å²) in [6, 6.07) is 11.0. The summed E-state index contributed by atoms with van der Waals surface area (Å²) in [6.07, 6.45) is 4.57. The van der Waals surface area contributed by atoms with E-state index >= 15 is 0 Å². The second kappa shape index (κ2) is 11.4. The van der Waals surface area contributed by atoms with Crippen LogP contribution in [0.25, 0.3) is 0 Å². The number of benzene rings is 1. The van der Waals surface area contributed by atoms with Crippen LogP contribution in [0.15, 0.2) is 48.8 Å². The Bertz CT molecular complexity index is 591. The molecule has 0 spiro atoms. The number of aromatic nitrogens is 1. The van der Waals surface area contributed by atoms with Crippen LogP contribution in [-0.4, -0.2) is 30.5 Å². The molecule has 2 N–H and O–H groups in total. The molecule has 0 aliphatic rings. The van der Waals surface area contributed by atoms with E-state index < -0.39 is 0 Å². The Balaban J connectivity index is 0.00000288. The SMILES string of the molecule is CCCNCCNC(=O)c1ccc(OCc2ccncc2)cc1.Cl. The van der Waals surface area contributed by atoms with E-state index in [1.165, 1.54) is 0 Å². The maximum Gasteiger partial charge on any atom is 0.251 e. The van der Waals surface area contributed by atoms with Crippen LogP contribution in [0.5, 0.6) is 5.75 Å². The maximum atomic E-state index is 12.0. The highest BCUT2D eigenvalue weighted by atomic mass is 35.5. The lowest BCUT2D eigenvalue weighted by atomic mass is 10.2. The summed E-state index contributed by atoms with van der Waals surface area (Å²) < 4.78 is 5.68. The van der Waals surface area contributed by atoms with Gasteiger partial charge in [0.2, 0.25) is 0 Å². The number of carbonyl (C=O) groups excluding carboxylic acids is 1. The van der Waals surface area contributed by atoms with Gasteiger partial charge in [-0.3, -0.25) is 9.78 Å². The minimum Gasteiger partial charge on any atom is -0.489 e. The van der Waals surface area contributed by atoms with E-state index in [0.717, 1.165) is 30.8 Å². The fourth-order valence-corrected chi connectivity index (χ4v) is 2.02. The van der Waals surface area contributed by atoms with Crippen LogP contribution >= 0.6 is 12.4 Å². The highest BCUT2D eigenvalue weighted by Crippen LogP contribution is 2.14. The van der Waals surface area contributed by atoms with Crippen LogP contribution in [-0.2, 0) is 6.61 Å². The molecular formula is C18H24ClN3O2. The summed E-state index contributed by atoms with van der Waals surface area (Å²) >= 11 is 0. The van der Waals surface area contributed by atoms with Crippen LogP contribution < -0.4 is 15.4 Å². The van der Waals surface area contributed by atoms with E-state index in [4.69, 9.17) is 4.74 Å². The lowest BCUT2D eigenvalue weighted by Gasteiger charge is -2.08. The number of nitrogens with zero attached hydrogens (tertiary/aromatic N) is 1. The smallest absolute Gasteiger partial charge is 0.251 e. The molecule has 0 saturated carbocycles. The first-order valence-corrected chi connectivity index (χ1v) is 7.90. The van der Waals surface area contributed by atoms with Gasteiger partial charge in [0.25, 0.3) is 5.91 Å². The van der Waals surface area contributed by atoms with Crippen molar-refractivity contribution in [2.45, 2.75) is 20.0 Å². The van der Waals surface area contributed by atoms with Crippen molar-refractivity contribution in [1.29, 1.82) is 0 Å². The fraction of sp³-hybridized carbons (Fsp3) is 0.333. The second-order valence-corrected chi connectivity index (χ2v) is 5.17. The molecule has 1 aromatic carbocycles. The number of ether oxygens (including phenoxy) is 1. The van der Waals surface area contributed by atoms with E-state index in [9.17, 15) is 4.79 Å². The average molecular weight is 350 g/mol. The highest BCUT2D eigenvalue weighted by molar-refractivity contribution is 5.94. The number of amides is 1. The van der Waals surface area contributed by atoms with Gasteiger partial charge in [-0.15, -0.1) is 12.4 Å². The van der Waals surface area contributed by atoms with Crippen LogP contribution in [0.4, 0.5) is 0 Å². The Morgan fingerprint density at radius 1 is 1.04 bits per heavy atom. The molecule has 0 aliphatic heterocycles. The molecule has 0 atom stereocenters. The molecule has 24 heavy (non-hydrogen) atoms. The topological polar surface area (TPSA) is 63.2 Å². The third-order valence-electron chi connectivity index (χ3n) is 3.29. The van der Waals surface area contributed by atoms with E-state index in [-0.39, 0.29) is 18.3 Å². The van der Waals surface area contributed by atoms with Crippen molar-refractivity contribution in [3.8, 4) is 5.75 Å². The van der Waals surface area contributed by atoms with Gasteiger partial charge in [-0.05, 0) is 54.9 Å². The standard InChI is InChI=1S/C18H23N3O2.ClH/c1-2-9-19-12-13-21-18(22)16-3-5-17(6-4-16)23-14-15-7-10-20-11-8-15;/h3-8,10-11,19H,2,9,12-14H2,1H3,(H,21,22);1H. The second-order valence-electron chi connectivity index (χ2n) is 5.17. The minimum atomic E-state index is -0.0658. The number of hydrogen-bond acceptors (Lipinski definition) is 4. The van der Waals surface area contributed by atoms with E-state index in [0.29, 0.717) is 18.7 Å². The zero-order chi connectivity index (χ0) is 16.3. The average Bonchev–Trinajstić information content (AvgIpc) is 2.61. The first-order valence-electron chi connectivity index (χ1n) is 7.90. The lowest BCUT2D eigenvalue weighted by Crippen LogP contribution is -2.32. The molecule has 1 aromatic heterocycles. The maximum absolute atomic E-state index is 12.0. The van der Waals surface area contributed by atoms with Crippen molar-refractivity contribution in [3.05, 3.63) is 59.9 Å². The summed E-state index contributed by atoms with van der Waals surface area (Å²) in [5, 5.41) is 6.13. The molecule has 2 aromatic rings. The molecule has 1 heterocycles. The number of pyridine rings is 1. The molecule has 6 heteroatoms. The quantitative estimate of drug-likeness (QED) is 0.683. The summed E-state index contributed by atoms with van der Waals surface area (Å²) in [5.41, 5.74) is 1.69. The number of carbonyl (C=O) groups is 1. The molecule has 5 nitrogen and oxygen atoms in total. The molecule has 130 valence electrons. The van der Waals surface area contributed by atoms with Gasteiger partial charge in [-0.2, -0.15) is 0 Å². The van der Waals surface area contributed by atoms with E-state index in [2.05, 4.69) is 22.5 Å². The van der Waals surface area contributed by atoms with Crippen molar-refractivity contribution >= 4 is 18.3 Å².